The van der Waals surface area contributed by atoms with Crippen molar-refractivity contribution in [3.05, 3.63) is 35.2 Å². The number of rotatable bonds is 7. The maximum atomic E-state index is 11.8. The molecule has 1 heterocycles. The minimum absolute atomic E-state index is 0.00144. The van der Waals surface area contributed by atoms with E-state index in [0.717, 1.165) is 18.4 Å². The lowest BCUT2D eigenvalue weighted by Crippen LogP contribution is -2.32. The fourth-order valence-electron chi connectivity index (χ4n) is 2.18. The van der Waals surface area contributed by atoms with Gasteiger partial charge in [0.25, 0.3) is 0 Å². The maximum absolute atomic E-state index is 11.8. The zero-order valence-corrected chi connectivity index (χ0v) is 13.6. The van der Waals surface area contributed by atoms with Gasteiger partial charge in [-0.25, -0.2) is 0 Å². The van der Waals surface area contributed by atoms with E-state index in [0.29, 0.717) is 29.6 Å². The first-order valence-electron chi connectivity index (χ1n) is 7.47. The molecule has 0 aliphatic carbocycles. The smallest absolute Gasteiger partial charge is 0.227 e. The lowest BCUT2D eigenvalue weighted by Gasteiger charge is -2.11. The van der Waals surface area contributed by atoms with Gasteiger partial charge in [0.1, 0.15) is 0 Å². The summed E-state index contributed by atoms with van der Waals surface area (Å²) in [5, 5.41) is 7.43. The summed E-state index contributed by atoms with van der Waals surface area (Å²) in [5.74, 6) is 0.881. The van der Waals surface area contributed by atoms with Crippen molar-refractivity contribution < 1.29 is 9.32 Å². The van der Waals surface area contributed by atoms with Gasteiger partial charge in [-0.05, 0) is 25.5 Å². The predicted molar refractivity (Wildman–Crippen MR) is 85.6 cm³/mol. The topological polar surface area (TPSA) is 68.0 Å². The van der Waals surface area contributed by atoms with E-state index < -0.39 is 0 Å². The van der Waals surface area contributed by atoms with Gasteiger partial charge in [-0.15, -0.1) is 0 Å². The van der Waals surface area contributed by atoms with Crippen LogP contribution in [-0.4, -0.2) is 22.1 Å². The Hall–Kier alpha value is -1.88. The van der Waals surface area contributed by atoms with Crippen molar-refractivity contribution in [3.63, 3.8) is 0 Å². The second kappa shape index (κ2) is 7.94. The molecule has 0 saturated carbocycles. The molecule has 0 fully saturated rings. The molecule has 1 amide bonds. The van der Waals surface area contributed by atoms with E-state index in [1.807, 2.05) is 25.1 Å². The number of nitrogens with zero attached hydrogens (tertiary/aromatic N) is 2. The van der Waals surface area contributed by atoms with Crippen molar-refractivity contribution in [3.8, 4) is 11.4 Å². The molecule has 5 nitrogen and oxygen atoms in total. The van der Waals surface area contributed by atoms with Crippen molar-refractivity contribution in [2.45, 2.75) is 45.6 Å². The van der Waals surface area contributed by atoms with Crippen molar-refractivity contribution in [2.75, 3.05) is 0 Å². The highest BCUT2D eigenvalue weighted by molar-refractivity contribution is 6.33. The van der Waals surface area contributed by atoms with Crippen molar-refractivity contribution in [1.82, 2.24) is 15.5 Å². The van der Waals surface area contributed by atoms with Crippen LogP contribution in [0, 0.1) is 0 Å². The number of halogens is 1. The number of amides is 1. The van der Waals surface area contributed by atoms with Crippen molar-refractivity contribution in [1.29, 1.82) is 0 Å². The summed E-state index contributed by atoms with van der Waals surface area (Å²) in [5.41, 5.74) is 0.722. The van der Waals surface area contributed by atoms with E-state index in [1.165, 1.54) is 0 Å². The van der Waals surface area contributed by atoms with E-state index in [1.54, 1.807) is 6.07 Å². The minimum atomic E-state index is -0.00144. The Morgan fingerprint density at radius 3 is 2.91 bits per heavy atom. The highest BCUT2D eigenvalue weighted by Gasteiger charge is 2.13. The van der Waals surface area contributed by atoms with Gasteiger partial charge in [-0.1, -0.05) is 42.2 Å². The van der Waals surface area contributed by atoms with E-state index in [4.69, 9.17) is 16.1 Å². The van der Waals surface area contributed by atoms with Crippen LogP contribution in [0.4, 0.5) is 0 Å². The first-order valence-corrected chi connectivity index (χ1v) is 7.84. The Morgan fingerprint density at radius 1 is 1.41 bits per heavy atom. The van der Waals surface area contributed by atoms with Crippen LogP contribution in [0.2, 0.25) is 5.02 Å². The van der Waals surface area contributed by atoms with E-state index in [2.05, 4.69) is 22.4 Å². The number of carbonyl (C=O) groups excluding carboxylic acids is 1. The minimum Gasteiger partial charge on any atom is -0.354 e. The fourth-order valence-corrected chi connectivity index (χ4v) is 2.40. The summed E-state index contributed by atoms with van der Waals surface area (Å²) < 4.78 is 5.18. The molecule has 0 aliphatic heterocycles. The zero-order chi connectivity index (χ0) is 15.9. The van der Waals surface area contributed by atoms with Gasteiger partial charge >= 0.3 is 0 Å². The lowest BCUT2D eigenvalue weighted by molar-refractivity contribution is -0.121. The van der Waals surface area contributed by atoms with Gasteiger partial charge in [0.15, 0.2) is 0 Å². The third-order valence-electron chi connectivity index (χ3n) is 3.28. The molecule has 0 unspecified atom stereocenters. The molecule has 118 valence electrons. The molecule has 1 aromatic heterocycles. The van der Waals surface area contributed by atoms with Gasteiger partial charge in [0, 0.05) is 24.4 Å². The van der Waals surface area contributed by atoms with Crippen LogP contribution in [0.25, 0.3) is 11.4 Å². The van der Waals surface area contributed by atoms with Gasteiger partial charge in [0.2, 0.25) is 17.6 Å². The first-order chi connectivity index (χ1) is 10.6. The largest absolute Gasteiger partial charge is 0.354 e. The van der Waals surface area contributed by atoms with Crippen LogP contribution >= 0.6 is 11.6 Å². The Labute approximate surface area is 135 Å². The molecule has 22 heavy (non-hydrogen) atoms. The Morgan fingerprint density at radius 2 is 2.18 bits per heavy atom. The number of aromatic nitrogens is 2. The van der Waals surface area contributed by atoms with Crippen LogP contribution in [0.5, 0.6) is 0 Å². The molecule has 0 bridgehead atoms. The number of carbonyl (C=O) groups is 1. The van der Waals surface area contributed by atoms with Gasteiger partial charge in [-0.2, -0.15) is 4.98 Å². The number of hydrogen-bond donors (Lipinski definition) is 1. The monoisotopic (exact) mass is 321 g/mol. The third-order valence-corrected chi connectivity index (χ3v) is 3.61. The zero-order valence-electron chi connectivity index (χ0n) is 12.8. The summed E-state index contributed by atoms with van der Waals surface area (Å²) >= 11 is 6.10. The quantitative estimate of drug-likeness (QED) is 0.845. The lowest BCUT2D eigenvalue weighted by atomic mass is 10.2. The summed E-state index contributed by atoms with van der Waals surface area (Å²) in [7, 11) is 0. The second-order valence-corrected chi connectivity index (χ2v) is 5.66. The first kappa shape index (κ1) is 16.5. The third kappa shape index (κ3) is 4.56. The van der Waals surface area contributed by atoms with Crippen molar-refractivity contribution >= 4 is 17.5 Å². The van der Waals surface area contributed by atoms with E-state index >= 15 is 0 Å². The Kier molecular flexibility index (Phi) is 5.95. The average Bonchev–Trinajstić information content (AvgIpc) is 2.94. The van der Waals surface area contributed by atoms with Crippen LogP contribution in [0.1, 0.15) is 39.0 Å². The Balaban J connectivity index is 1.90. The van der Waals surface area contributed by atoms with Crippen LogP contribution in [-0.2, 0) is 11.2 Å². The standard InChI is InChI=1S/C16H20ClN3O2/c1-3-6-11(2)18-14(21)9-10-15-19-16(20-22-15)12-7-4-5-8-13(12)17/h4-5,7-8,11H,3,6,9-10H2,1-2H3,(H,18,21)/t11-/m0/s1. The van der Waals surface area contributed by atoms with Crippen molar-refractivity contribution in [2.24, 2.45) is 0 Å². The van der Waals surface area contributed by atoms with Gasteiger partial charge < -0.3 is 9.84 Å². The Bertz CT molecular complexity index is 627. The number of aryl methyl sites for hydroxylation is 1. The molecular weight excluding hydrogens is 302 g/mol. The van der Waals surface area contributed by atoms with Gasteiger partial charge in [-0.3, -0.25) is 4.79 Å². The molecule has 0 aliphatic rings. The number of benzene rings is 1. The average molecular weight is 322 g/mol. The molecule has 2 aromatic rings. The summed E-state index contributed by atoms with van der Waals surface area (Å²) in [6.07, 6.45) is 2.77. The van der Waals surface area contributed by atoms with E-state index in [-0.39, 0.29) is 11.9 Å². The second-order valence-electron chi connectivity index (χ2n) is 5.25. The normalized spacial score (nSPS) is 12.1. The molecule has 1 N–H and O–H groups in total. The summed E-state index contributed by atoms with van der Waals surface area (Å²) in [4.78, 5) is 16.1. The maximum Gasteiger partial charge on any atom is 0.227 e. The molecule has 6 heteroatoms. The molecule has 0 spiro atoms. The molecule has 0 radical (unpaired) electrons. The SMILES string of the molecule is CCC[C@H](C)NC(=O)CCc1nc(-c2ccccc2Cl)no1. The molecule has 1 atom stereocenters. The van der Waals surface area contributed by atoms with Crippen LogP contribution in [0.3, 0.4) is 0 Å². The molecule has 1 aromatic carbocycles. The summed E-state index contributed by atoms with van der Waals surface area (Å²) in [6.45, 7) is 4.10. The van der Waals surface area contributed by atoms with Gasteiger partial charge in [0.05, 0.1) is 5.02 Å². The summed E-state index contributed by atoms with van der Waals surface area (Å²) in [6, 6.07) is 7.50. The number of nitrogens with one attached hydrogen (secondary N) is 1. The van der Waals surface area contributed by atoms with E-state index in [9.17, 15) is 4.79 Å². The fraction of sp³-hybridized carbons (Fsp3) is 0.438. The predicted octanol–water partition coefficient (Wildman–Crippen LogP) is 3.63. The van der Waals surface area contributed by atoms with Crippen LogP contribution < -0.4 is 5.32 Å². The highest BCUT2D eigenvalue weighted by atomic mass is 35.5. The molecule has 0 saturated heterocycles. The molecular formula is C16H20ClN3O2. The number of hydrogen-bond acceptors (Lipinski definition) is 4. The van der Waals surface area contributed by atoms with Crippen LogP contribution in [0.15, 0.2) is 28.8 Å². The molecule has 2 rings (SSSR count). The highest BCUT2D eigenvalue weighted by Crippen LogP contribution is 2.24.